The van der Waals surface area contributed by atoms with E-state index in [-0.39, 0.29) is 5.82 Å². The van der Waals surface area contributed by atoms with Crippen LogP contribution in [0.5, 0.6) is 0 Å². The van der Waals surface area contributed by atoms with Crippen molar-refractivity contribution in [1.29, 1.82) is 0 Å². The Morgan fingerprint density at radius 1 is 1.10 bits per heavy atom. The van der Waals surface area contributed by atoms with E-state index >= 15 is 0 Å². The molecule has 0 amide bonds. The SMILES string of the molecule is CN(c1ccccc1F)c1nc2ccccc2cc1CCl. The van der Waals surface area contributed by atoms with Gasteiger partial charge in [0.15, 0.2) is 0 Å². The first-order chi connectivity index (χ1) is 10.2. The first-order valence-corrected chi connectivity index (χ1v) is 7.17. The monoisotopic (exact) mass is 300 g/mol. The van der Waals surface area contributed by atoms with Crippen LogP contribution in [0.15, 0.2) is 54.6 Å². The van der Waals surface area contributed by atoms with Crippen molar-refractivity contribution in [1.82, 2.24) is 4.98 Å². The summed E-state index contributed by atoms with van der Waals surface area (Å²) in [5.74, 6) is 0.718. The number of pyridine rings is 1. The Morgan fingerprint density at radius 3 is 2.57 bits per heavy atom. The molecule has 0 aliphatic rings. The van der Waals surface area contributed by atoms with E-state index in [4.69, 9.17) is 11.6 Å². The molecule has 0 bridgehead atoms. The molecule has 0 radical (unpaired) electrons. The molecule has 106 valence electrons. The van der Waals surface area contributed by atoms with Crippen molar-refractivity contribution < 1.29 is 4.39 Å². The highest BCUT2D eigenvalue weighted by Gasteiger charge is 2.14. The van der Waals surface area contributed by atoms with Gasteiger partial charge in [0.2, 0.25) is 0 Å². The van der Waals surface area contributed by atoms with Crippen molar-refractivity contribution in [2.24, 2.45) is 0 Å². The number of nitrogens with zero attached hydrogens (tertiary/aromatic N) is 2. The number of benzene rings is 2. The molecule has 0 saturated carbocycles. The average Bonchev–Trinajstić information content (AvgIpc) is 2.53. The van der Waals surface area contributed by atoms with Gasteiger partial charge in [-0.25, -0.2) is 9.37 Å². The van der Waals surface area contributed by atoms with Crippen LogP contribution in [0.2, 0.25) is 0 Å². The molecule has 0 fully saturated rings. The number of para-hydroxylation sites is 2. The van der Waals surface area contributed by atoms with Gasteiger partial charge in [0.25, 0.3) is 0 Å². The predicted molar refractivity (Wildman–Crippen MR) is 85.8 cm³/mol. The summed E-state index contributed by atoms with van der Waals surface area (Å²) < 4.78 is 14.0. The molecule has 0 aliphatic heterocycles. The fourth-order valence-corrected chi connectivity index (χ4v) is 2.57. The van der Waals surface area contributed by atoms with E-state index in [1.165, 1.54) is 6.07 Å². The molecule has 21 heavy (non-hydrogen) atoms. The summed E-state index contributed by atoms with van der Waals surface area (Å²) in [6, 6.07) is 16.5. The summed E-state index contributed by atoms with van der Waals surface area (Å²) in [7, 11) is 1.80. The normalized spacial score (nSPS) is 10.8. The lowest BCUT2D eigenvalue weighted by molar-refractivity contribution is 0.627. The van der Waals surface area contributed by atoms with Crippen LogP contribution >= 0.6 is 11.6 Å². The molecule has 0 saturated heterocycles. The van der Waals surface area contributed by atoms with Crippen molar-refractivity contribution in [3.05, 3.63) is 66.0 Å². The molecule has 0 unspecified atom stereocenters. The zero-order valence-corrected chi connectivity index (χ0v) is 12.3. The second-order valence-electron chi connectivity index (χ2n) is 4.81. The fraction of sp³-hybridized carbons (Fsp3) is 0.118. The van der Waals surface area contributed by atoms with Crippen LogP contribution in [-0.2, 0) is 5.88 Å². The van der Waals surface area contributed by atoms with E-state index in [1.54, 1.807) is 30.1 Å². The smallest absolute Gasteiger partial charge is 0.146 e. The van der Waals surface area contributed by atoms with Gasteiger partial charge in [0, 0.05) is 18.0 Å². The van der Waals surface area contributed by atoms with Gasteiger partial charge < -0.3 is 4.90 Å². The zero-order chi connectivity index (χ0) is 14.8. The lowest BCUT2D eigenvalue weighted by Gasteiger charge is -2.22. The Hall–Kier alpha value is -2.13. The fourth-order valence-electron chi connectivity index (χ4n) is 2.38. The maximum absolute atomic E-state index is 14.0. The van der Waals surface area contributed by atoms with Crippen LogP contribution in [0.3, 0.4) is 0 Å². The molecule has 3 rings (SSSR count). The standard InChI is InChI=1S/C17H14ClFN2/c1-21(16-9-5-3-7-14(16)19)17-13(11-18)10-12-6-2-4-8-15(12)20-17/h2-10H,11H2,1H3. The maximum Gasteiger partial charge on any atom is 0.146 e. The third-order valence-corrected chi connectivity index (χ3v) is 3.74. The number of anilines is 2. The van der Waals surface area contributed by atoms with Gasteiger partial charge in [0.1, 0.15) is 11.6 Å². The molecule has 2 nitrogen and oxygen atoms in total. The summed E-state index contributed by atoms with van der Waals surface area (Å²) in [4.78, 5) is 6.37. The van der Waals surface area contributed by atoms with E-state index in [9.17, 15) is 4.39 Å². The Bertz CT molecular complexity index is 789. The Kier molecular flexibility index (Phi) is 3.76. The summed E-state index contributed by atoms with van der Waals surface area (Å²) in [5.41, 5.74) is 2.22. The molecule has 1 aromatic heterocycles. The molecule has 0 spiro atoms. The van der Waals surface area contributed by atoms with Crippen LogP contribution in [0.1, 0.15) is 5.56 Å². The van der Waals surface area contributed by atoms with E-state index in [1.807, 2.05) is 30.3 Å². The topological polar surface area (TPSA) is 16.1 Å². The van der Waals surface area contributed by atoms with Crippen LogP contribution in [0.4, 0.5) is 15.9 Å². The van der Waals surface area contributed by atoms with Crippen molar-refractivity contribution in [3.63, 3.8) is 0 Å². The Balaban J connectivity index is 2.16. The van der Waals surface area contributed by atoms with E-state index < -0.39 is 0 Å². The maximum atomic E-state index is 14.0. The van der Waals surface area contributed by atoms with Crippen molar-refractivity contribution in [3.8, 4) is 0 Å². The molecular weight excluding hydrogens is 287 g/mol. The molecule has 4 heteroatoms. The first-order valence-electron chi connectivity index (χ1n) is 6.63. The van der Waals surface area contributed by atoms with Crippen molar-refractivity contribution >= 4 is 34.0 Å². The quantitative estimate of drug-likeness (QED) is 0.641. The number of halogens is 2. The summed E-state index contributed by atoms with van der Waals surface area (Å²) in [6.45, 7) is 0. The van der Waals surface area contributed by atoms with Gasteiger partial charge in [-0.15, -0.1) is 11.6 Å². The molecule has 2 aromatic carbocycles. The molecule has 0 atom stereocenters. The first kappa shape index (κ1) is 13.8. The summed E-state index contributed by atoms with van der Waals surface area (Å²) in [6.07, 6.45) is 0. The van der Waals surface area contributed by atoms with Gasteiger partial charge in [-0.05, 0) is 24.3 Å². The number of aromatic nitrogens is 1. The second kappa shape index (κ2) is 5.70. The van der Waals surface area contributed by atoms with Gasteiger partial charge in [-0.1, -0.05) is 30.3 Å². The van der Waals surface area contributed by atoms with E-state index in [0.717, 1.165) is 16.5 Å². The molecule has 1 heterocycles. The Labute approximate surface area is 127 Å². The number of alkyl halides is 1. The van der Waals surface area contributed by atoms with Crippen LogP contribution < -0.4 is 4.90 Å². The van der Waals surface area contributed by atoms with Gasteiger partial charge in [-0.2, -0.15) is 0 Å². The van der Waals surface area contributed by atoms with E-state index in [2.05, 4.69) is 4.98 Å². The van der Waals surface area contributed by atoms with E-state index in [0.29, 0.717) is 17.4 Å². The van der Waals surface area contributed by atoms with Gasteiger partial charge in [-0.3, -0.25) is 0 Å². The molecular formula is C17H14ClFN2. The average molecular weight is 301 g/mol. The molecule has 0 N–H and O–H groups in total. The summed E-state index contributed by atoms with van der Waals surface area (Å²) >= 11 is 6.04. The Morgan fingerprint density at radius 2 is 1.81 bits per heavy atom. The van der Waals surface area contributed by atoms with Gasteiger partial charge in [0.05, 0.1) is 17.1 Å². The van der Waals surface area contributed by atoms with Crippen molar-refractivity contribution in [2.75, 3.05) is 11.9 Å². The minimum absolute atomic E-state index is 0.282. The minimum Gasteiger partial charge on any atom is -0.327 e. The lowest BCUT2D eigenvalue weighted by Crippen LogP contribution is -2.14. The van der Waals surface area contributed by atoms with Crippen LogP contribution in [-0.4, -0.2) is 12.0 Å². The predicted octanol–water partition coefficient (Wildman–Crippen LogP) is 4.88. The highest BCUT2D eigenvalue weighted by molar-refractivity contribution is 6.17. The molecule has 0 aliphatic carbocycles. The molecule has 3 aromatic rings. The lowest BCUT2D eigenvalue weighted by atomic mass is 10.1. The minimum atomic E-state index is -0.282. The summed E-state index contributed by atoms with van der Waals surface area (Å²) in [5, 5.41) is 1.03. The van der Waals surface area contributed by atoms with Gasteiger partial charge >= 0.3 is 0 Å². The number of rotatable bonds is 3. The van der Waals surface area contributed by atoms with Crippen LogP contribution in [0, 0.1) is 5.82 Å². The number of hydrogen-bond acceptors (Lipinski definition) is 2. The van der Waals surface area contributed by atoms with Crippen LogP contribution in [0.25, 0.3) is 10.9 Å². The third-order valence-electron chi connectivity index (χ3n) is 3.46. The number of hydrogen-bond donors (Lipinski definition) is 0. The largest absolute Gasteiger partial charge is 0.327 e. The number of fused-ring (bicyclic) bond motifs is 1. The highest BCUT2D eigenvalue weighted by Crippen LogP contribution is 2.30. The zero-order valence-electron chi connectivity index (χ0n) is 11.6. The second-order valence-corrected chi connectivity index (χ2v) is 5.08. The highest BCUT2D eigenvalue weighted by atomic mass is 35.5. The van der Waals surface area contributed by atoms with Crippen molar-refractivity contribution in [2.45, 2.75) is 5.88 Å². The third kappa shape index (κ3) is 2.57.